The maximum atomic E-state index is 5.36. The van der Waals surface area contributed by atoms with E-state index < -0.39 is 0 Å². The quantitative estimate of drug-likeness (QED) is 0.704. The van der Waals surface area contributed by atoms with Crippen LogP contribution in [-0.4, -0.2) is 5.33 Å². The second-order valence-electron chi connectivity index (χ2n) is 2.39. The van der Waals surface area contributed by atoms with Gasteiger partial charge in [0.25, 0.3) is 0 Å². The molecule has 12 heavy (non-hydrogen) atoms. The van der Waals surface area contributed by atoms with Crippen LogP contribution < -0.4 is 0 Å². The fraction of sp³-hybridized carbons (Fsp3) is 0.250. The van der Waals surface area contributed by atoms with E-state index in [-0.39, 0.29) is 0 Å². The van der Waals surface area contributed by atoms with E-state index in [9.17, 15) is 0 Å². The van der Waals surface area contributed by atoms with Crippen molar-refractivity contribution in [3.8, 4) is 0 Å². The molecular formula is C8H7Br3O. The van der Waals surface area contributed by atoms with E-state index in [4.69, 9.17) is 4.42 Å². The molecule has 0 spiro atoms. The van der Waals surface area contributed by atoms with Gasteiger partial charge in [-0.2, -0.15) is 0 Å². The molecule has 0 aliphatic rings. The minimum Gasteiger partial charge on any atom is -0.449 e. The Hall–Kier alpha value is 0.460. The summed E-state index contributed by atoms with van der Waals surface area (Å²) in [7, 11) is 0. The summed E-state index contributed by atoms with van der Waals surface area (Å²) < 4.78 is 7.03. The molecule has 0 radical (unpaired) electrons. The van der Waals surface area contributed by atoms with Crippen molar-refractivity contribution in [3.05, 3.63) is 26.5 Å². The van der Waals surface area contributed by atoms with Crippen LogP contribution in [0.5, 0.6) is 0 Å². The second-order valence-corrected chi connectivity index (χ2v) is 4.53. The third kappa shape index (κ3) is 2.75. The Morgan fingerprint density at radius 2 is 2.25 bits per heavy atom. The fourth-order valence-corrected chi connectivity index (χ4v) is 1.49. The zero-order chi connectivity index (χ0) is 9.14. The van der Waals surface area contributed by atoms with Crippen LogP contribution in [-0.2, 0) is 0 Å². The minimum atomic E-state index is 0.733. The molecule has 1 heterocycles. The number of alkyl halides is 1. The molecular weight excluding hydrogens is 352 g/mol. The lowest BCUT2D eigenvalue weighted by molar-refractivity contribution is 0.529. The summed E-state index contributed by atoms with van der Waals surface area (Å²) in [4.78, 5) is 0. The maximum Gasteiger partial charge on any atom is 0.184 e. The molecule has 4 heteroatoms. The molecule has 1 rings (SSSR count). The molecule has 1 nitrogen and oxygen atoms in total. The summed E-state index contributed by atoms with van der Waals surface area (Å²) in [5.41, 5.74) is 1.23. The molecule has 66 valence electrons. The molecule has 0 atom stereocenters. The standard InChI is InChI=1S/C8H7Br3O/c1-5(4-9)2-6-3-7(10)8(11)12-6/h2-3H,4H2,1H3/b5-2+. The summed E-state index contributed by atoms with van der Waals surface area (Å²) in [5, 5.41) is 0.864. The molecule has 0 aliphatic carbocycles. The molecule has 0 unspecified atom stereocenters. The highest BCUT2D eigenvalue weighted by Gasteiger charge is 2.03. The normalized spacial score (nSPS) is 12.2. The number of hydrogen-bond acceptors (Lipinski definition) is 1. The highest BCUT2D eigenvalue weighted by atomic mass is 79.9. The van der Waals surface area contributed by atoms with Crippen LogP contribution in [0.2, 0.25) is 0 Å². The molecule has 0 N–H and O–H groups in total. The summed E-state index contributed by atoms with van der Waals surface area (Å²) in [5.74, 6) is 0.853. The van der Waals surface area contributed by atoms with Gasteiger partial charge < -0.3 is 4.42 Å². The van der Waals surface area contributed by atoms with Gasteiger partial charge in [-0.15, -0.1) is 0 Å². The smallest absolute Gasteiger partial charge is 0.184 e. The number of hydrogen-bond donors (Lipinski definition) is 0. The van der Waals surface area contributed by atoms with Crippen molar-refractivity contribution in [2.24, 2.45) is 0 Å². The maximum absolute atomic E-state index is 5.36. The van der Waals surface area contributed by atoms with E-state index in [0.29, 0.717) is 0 Å². The summed E-state index contributed by atoms with van der Waals surface area (Å²) in [6.07, 6.45) is 1.99. The van der Waals surface area contributed by atoms with Crippen LogP contribution in [0.25, 0.3) is 6.08 Å². The van der Waals surface area contributed by atoms with Crippen molar-refractivity contribution < 1.29 is 4.42 Å². The van der Waals surface area contributed by atoms with E-state index in [2.05, 4.69) is 47.8 Å². The Kier molecular flexibility index (Phi) is 4.06. The molecule has 0 amide bonds. The van der Waals surface area contributed by atoms with Gasteiger partial charge in [-0.25, -0.2) is 0 Å². The summed E-state index contributed by atoms with van der Waals surface area (Å²) in [6.45, 7) is 2.04. The van der Waals surface area contributed by atoms with Gasteiger partial charge in [0.2, 0.25) is 0 Å². The molecule has 0 bridgehead atoms. The van der Waals surface area contributed by atoms with Gasteiger partial charge in [-0.1, -0.05) is 21.5 Å². The minimum absolute atomic E-state index is 0.733. The predicted octanol–water partition coefficient (Wildman–Crippen LogP) is 4.60. The Labute approximate surface area is 96.6 Å². The first kappa shape index (κ1) is 10.5. The third-order valence-corrected chi connectivity index (χ3v) is 3.86. The van der Waals surface area contributed by atoms with Gasteiger partial charge in [-0.3, -0.25) is 0 Å². The average molecular weight is 359 g/mol. The first-order chi connectivity index (χ1) is 5.63. The molecule has 1 aromatic rings. The monoisotopic (exact) mass is 356 g/mol. The average Bonchev–Trinajstić information content (AvgIpc) is 2.31. The number of furan rings is 1. The molecule has 1 aromatic heterocycles. The largest absolute Gasteiger partial charge is 0.449 e. The van der Waals surface area contributed by atoms with Crippen LogP contribution in [0.1, 0.15) is 12.7 Å². The van der Waals surface area contributed by atoms with Crippen molar-refractivity contribution >= 4 is 53.9 Å². The first-order valence-electron chi connectivity index (χ1n) is 3.31. The summed E-state index contributed by atoms with van der Waals surface area (Å²) >= 11 is 9.98. The Balaban J connectivity index is 2.90. The third-order valence-electron chi connectivity index (χ3n) is 1.26. The highest BCUT2D eigenvalue weighted by molar-refractivity contribution is 9.13. The van der Waals surface area contributed by atoms with Gasteiger partial charge in [0.05, 0.1) is 4.47 Å². The molecule has 0 aromatic carbocycles. The van der Waals surface area contributed by atoms with Crippen LogP contribution >= 0.6 is 47.8 Å². The fourth-order valence-electron chi connectivity index (χ4n) is 0.716. The van der Waals surface area contributed by atoms with E-state index >= 15 is 0 Å². The van der Waals surface area contributed by atoms with Crippen LogP contribution in [0, 0.1) is 0 Å². The van der Waals surface area contributed by atoms with Crippen molar-refractivity contribution in [2.45, 2.75) is 6.92 Å². The SMILES string of the molecule is C/C(=C\c1cc(Br)c(Br)o1)CBr. The van der Waals surface area contributed by atoms with E-state index in [1.54, 1.807) is 0 Å². The number of rotatable bonds is 2. The zero-order valence-electron chi connectivity index (χ0n) is 6.40. The molecule has 0 saturated carbocycles. The van der Waals surface area contributed by atoms with Gasteiger partial charge in [0, 0.05) is 5.33 Å². The van der Waals surface area contributed by atoms with Gasteiger partial charge >= 0.3 is 0 Å². The van der Waals surface area contributed by atoms with Crippen LogP contribution in [0.3, 0.4) is 0 Å². The highest BCUT2D eigenvalue weighted by Crippen LogP contribution is 2.27. The van der Waals surface area contributed by atoms with Gasteiger partial charge in [0.15, 0.2) is 4.67 Å². The van der Waals surface area contributed by atoms with Crippen molar-refractivity contribution in [1.29, 1.82) is 0 Å². The Morgan fingerprint density at radius 1 is 1.58 bits per heavy atom. The number of allylic oxidation sites excluding steroid dienone is 1. The van der Waals surface area contributed by atoms with Gasteiger partial charge in [-0.05, 0) is 50.9 Å². The van der Waals surface area contributed by atoms with Crippen LogP contribution in [0.4, 0.5) is 0 Å². The van der Waals surface area contributed by atoms with E-state index in [1.807, 2.05) is 19.1 Å². The van der Waals surface area contributed by atoms with Crippen molar-refractivity contribution in [2.75, 3.05) is 5.33 Å². The van der Waals surface area contributed by atoms with Crippen LogP contribution in [0.15, 0.2) is 25.2 Å². The first-order valence-corrected chi connectivity index (χ1v) is 6.02. The summed E-state index contributed by atoms with van der Waals surface area (Å²) in [6, 6.07) is 1.93. The number of halogens is 3. The predicted molar refractivity (Wildman–Crippen MR) is 61.6 cm³/mol. The van der Waals surface area contributed by atoms with E-state index in [0.717, 1.165) is 20.2 Å². The topological polar surface area (TPSA) is 13.1 Å². The molecule has 0 aliphatic heterocycles. The Bertz CT molecular complexity index is 282. The lowest BCUT2D eigenvalue weighted by atomic mass is 10.3. The van der Waals surface area contributed by atoms with Crippen molar-refractivity contribution in [1.82, 2.24) is 0 Å². The van der Waals surface area contributed by atoms with Crippen molar-refractivity contribution in [3.63, 3.8) is 0 Å². The lowest BCUT2D eigenvalue weighted by Crippen LogP contribution is -1.73. The van der Waals surface area contributed by atoms with E-state index in [1.165, 1.54) is 5.57 Å². The molecule has 0 saturated heterocycles. The molecule has 0 fully saturated rings. The van der Waals surface area contributed by atoms with Gasteiger partial charge in [0.1, 0.15) is 5.76 Å². The zero-order valence-corrected chi connectivity index (χ0v) is 11.2. The second kappa shape index (κ2) is 4.63. The lowest BCUT2D eigenvalue weighted by Gasteiger charge is -1.89. The Morgan fingerprint density at radius 3 is 2.67 bits per heavy atom.